The van der Waals surface area contributed by atoms with Crippen molar-refractivity contribution in [2.24, 2.45) is 0 Å². The molecular weight excluding hydrogens is 331 g/mol. The van der Waals surface area contributed by atoms with E-state index in [1.54, 1.807) is 30.3 Å². The van der Waals surface area contributed by atoms with Crippen LogP contribution in [-0.4, -0.2) is 16.1 Å². The minimum atomic E-state index is -4.82. The van der Waals surface area contributed by atoms with Gasteiger partial charge in [0, 0.05) is 16.6 Å². The summed E-state index contributed by atoms with van der Waals surface area (Å²) in [5, 5.41) is 9.70. The van der Waals surface area contributed by atoms with Gasteiger partial charge >= 0.3 is 12.1 Å². The van der Waals surface area contributed by atoms with E-state index in [1.807, 2.05) is 6.92 Å². The average molecular weight is 345 g/mol. The van der Waals surface area contributed by atoms with E-state index in [0.29, 0.717) is 17.5 Å². The third-order valence-corrected chi connectivity index (χ3v) is 3.98. The Labute approximate surface area is 141 Å². The van der Waals surface area contributed by atoms with Gasteiger partial charge in [0.25, 0.3) is 0 Å². The third-order valence-electron chi connectivity index (χ3n) is 3.98. The molecule has 2 aromatic carbocycles. The quantitative estimate of drug-likeness (QED) is 0.711. The Kier molecular flexibility index (Phi) is 4.20. The fourth-order valence-corrected chi connectivity index (χ4v) is 2.85. The molecule has 128 valence electrons. The Balaban J connectivity index is 2.54. The largest absolute Gasteiger partial charge is 0.478 e. The SMILES string of the molecule is CCc1ccc2cc(C(=O)O)c(C(F)(F)F)c(-c3ccccc3)c2n1. The highest BCUT2D eigenvalue weighted by atomic mass is 19.4. The molecule has 0 aliphatic rings. The van der Waals surface area contributed by atoms with E-state index in [-0.39, 0.29) is 16.6 Å². The molecule has 3 aromatic rings. The second kappa shape index (κ2) is 6.20. The number of aromatic nitrogens is 1. The molecule has 0 aliphatic carbocycles. The first-order chi connectivity index (χ1) is 11.8. The van der Waals surface area contributed by atoms with Crippen LogP contribution in [0.4, 0.5) is 13.2 Å². The smallest absolute Gasteiger partial charge is 0.417 e. The van der Waals surface area contributed by atoms with Gasteiger partial charge in [-0.3, -0.25) is 4.98 Å². The Hall–Kier alpha value is -2.89. The van der Waals surface area contributed by atoms with Gasteiger partial charge in [-0.1, -0.05) is 43.3 Å². The van der Waals surface area contributed by atoms with Crippen molar-refractivity contribution in [3.8, 4) is 11.1 Å². The lowest BCUT2D eigenvalue weighted by atomic mass is 9.91. The molecule has 1 aromatic heterocycles. The number of benzene rings is 2. The van der Waals surface area contributed by atoms with Gasteiger partial charge in [0.1, 0.15) is 0 Å². The van der Waals surface area contributed by atoms with Crippen LogP contribution in [0.1, 0.15) is 28.5 Å². The van der Waals surface area contributed by atoms with E-state index < -0.39 is 23.3 Å². The van der Waals surface area contributed by atoms with Gasteiger partial charge in [0.05, 0.1) is 16.6 Å². The number of rotatable bonds is 3. The number of halogens is 3. The van der Waals surface area contributed by atoms with Crippen molar-refractivity contribution < 1.29 is 23.1 Å². The molecule has 1 heterocycles. The van der Waals surface area contributed by atoms with Crippen molar-refractivity contribution in [1.82, 2.24) is 4.98 Å². The summed E-state index contributed by atoms with van der Waals surface area (Å²) in [7, 11) is 0. The van der Waals surface area contributed by atoms with E-state index in [2.05, 4.69) is 4.98 Å². The number of pyridine rings is 1. The highest BCUT2D eigenvalue weighted by Gasteiger charge is 2.39. The molecule has 0 fully saturated rings. The Morgan fingerprint density at radius 1 is 1.12 bits per heavy atom. The van der Waals surface area contributed by atoms with Crippen LogP contribution in [0.2, 0.25) is 0 Å². The molecule has 0 bridgehead atoms. The van der Waals surface area contributed by atoms with Crippen LogP contribution < -0.4 is 0 Å². The lowest BCUT2D eigenvalue weighted by Crippen LogP contribution is -2.15. The first kappa shape index (κ1) is 17.0. The maximum atomic E-state index is 13.8. The summed E-state index contributed by atoms with van der Waals surface area (Å²) in [5.41, 5.74) is -1.06. The van der Waals surface area contributed by atoms with Gasteiger partial charge in [0.2, 0.25) is 0 Å². The van der Waals surface area contributed by atoms with Crippen molar-refractivity contribution in [3.05, 3.63) is 65.4 Å². The highest BCUT2D eigenvalue weighted by molar-refractivity contribution is 6.03. The first-order valence-corrected chi connectivity index (χ1v) is 7.65. The van der Waals surface area contributed by atoms with Crippen LogP contribution in [0.25, 0.3) is 22.0 Å². The Morgan fingerprint density at radius 2 is 1.80 bits per heavy atom. The predicted octanol–water partition coefficient (Wildman–Crippen LogP) is 5.18. The maximum absolute atomic E-state index is 13.8. The van der Waals surface area contributed by atoms with Gasteiger partial charge in [-0.25, -0.2) is 4.79 Å². The standard InChI is InChI=1S/C19H14F3NO2/c1-2-13-9-8-12-10-14(18(24)25)16(19(20,21)22)15(17(12)23-13)11-6-4-3-5-7-11/h3-10H,2H2,1H3,(H,24,25). The number of fused-ring (bicyclic) bond motifs is 1. The molecule has 0 aliphatic heterocycles. The molecule has 25 heavy (non-hydrogen) atoms. The second-order valence-corrected chi connectivity index (χ2v) is 5.57. The molecular formula is C19H14F3NO2. The van der Waals surface area contributed by atoms with Gasteiger partial charge < -0.3 is 5.11 Å². The number of carboxylic acids is 1. The van der Waals surface area contributed by atoms with Crippen LogP contribution in [0, 0.1) is 0 Å². The van der Waals surface area contributed by atoms with Crippen LogP contribution >= 0.6 is 0 Å². The van der Waals surface area contributed by atoms with E-state index in [4.69, 9.17) is 0 Å². The molecule has 3 rings (SSSR count). The van der Waals surface area contributed by atoms with Crippen molar-refractivity contribution in [1.29, 1.82) is 0 Å². The topological polar surface area (TPSA) is 50.2 Å². The van der Waals surface area contributed by atoms with Gasteiger partial charge in [-0.05, 0) is 24.1 Å². The van der Waals surface area contributed by atoms with Gasteiger partial charge in [-0.15, -0.1) is 0 Å². The number of aromatic carboxylic acids is 1. The van der Waals surface area contributed by atoms with Crippen molar-refractivity contribution in [3.63, 3.8) is 0 Å². The Morgan fingerprint density at radius 3 is 2.36 bits per heavy atom. The van der Waals surface area contributed by atoms with Crippen LogP contribution in [0.5, 0.6) is 0 Å². The fourth-order valence-electron chi connectivity index (χ4n) is 2.85. The molecule has 0 saturated carbocycles. The summed E-state index contributed by atoms with van der Waals surface area (Å²) in [4.78, 5) is 15.9. The molecule has 0 saturated heterocycles. The molecule has 0 amide bonds. The number of aryl methyl sites for hydroxylation is 1. The highest BCUT2D eigenvalue weighted by Crippen LogP contribution is 2.43. The maximum Gasteiger partial charge on any atom is 0.417 e. The molecule has 0 atom stereocenters. The number of nitrogens with zero attached hydrogens (tertiary/aromatic N) is 1. The zero-order chi connectivity index (χ0) is 18.2. The minimum Gasteiger partial charge on any atom is -0.478 e. The van der Waals surface area contributed by atoms with E-state index in [9.17, 15) is 23.1 Å². The second-order valence-electron chi connectivity index (χ2n) is 5.57. The zero-order valence-corrected chi connectivity index (χ0v) is 13.3. The molecule has 0 unspecified atom stereocenters. The van der Waals surface area contributed by atoms with E-state index >= 15 is 0 Å². The summed E-state index contributed by atoms with van der Waals surface area (Å²) < 4.78 is 41.3. The van der Waals surface area contributed by atoms with Crippen LogP contribution in [0.3, 0.4) is 0 Å². The summed E-state index contributed by atoms with van der Waals surface area (Å²) in [5.74, 6) is -1.62. The van der Waals surface area contributed by atoms with E-state index in [0.717, 1.165) is 6.07 Å². The zero-order valence-electron chi connectivity index (χ0n) is 13.3. The van der Waals surface area contributed by atoms with E-state index in [1.165, 1.54) is 12.1 Å². The fraction of sp³-hybridized carbons (Fsp3) is 0.158. The Bertz CT molecular complexity index is 950. The molecule has 6 heteroatoms. The lowest BCUT2D eigenvalue weighted by Gasteiger charge is -2.18. The van der Waals surface area contributed by atoms with Crippen molar-refractivity contribution in [2.45, 2.75) is 19.5 Å². The average Bonchev–Trinajstić information content (AvgIpc) is 2.59. The van der Waals surface area contributed by atoms with Crippen LogP contribution in [-0.2, 0) is 12.6 Å². The summed E-state index contributed by atoms with van der Waals surface area (Å²) in [6.07, 6.45) is -4.26. The van der Waals surface area contributed by atoms with Gasteiger partial charge in [0.15, 0.2) is 0 Å². The number of hydrogen-bond donors (Lipinski definition) is 1. The third kappa shape index (κ3) is 3.07. The summed E-state index contributed by atoms with van der Waals surface area (Å²) in [6, 6.07) is 12.3. The minimum absolute atomic E-state index is 0.155. The van der Waals surface area contributed by atoms with Crippen molar-refractivity contribution >= 4 is 16.9 Å². The molecule has 0 spiro atoms. The first-order valence-electron chi connectivity index (χ1n) is 7.65. The number of carbonyl (C=O) groups is 1. The monoisotopic (exact) mass is 345 g/mol. The van der Waals surface area contributed by atoms with Crippen molar-refractivity contribution in [2.75, 3.05) is 0 Å². The normalized spacial score (nSPS) is 11.7. The number of alkyl halides is 3. The summed E-state index contributed by atoms with van der Waals surface area (Å²) in [6.45, 7) is 1.85. The molecule has 0 radical (unpaired) electrons. The van der Waals surface area contributed by atoms with Gasteiger partial charge in [-0.2, -0.15) is 13.2 Å². The van der Waals surface area contributed by atoms with Crippen LogP contribution in [0.15, 0.2) is 48.5 Å². The molecule has 1 N–H and O–H groups in total. The summed E-state index contributed by atoms with van der Waals surface area (Å²) >= 11 is 0. The number of carboxylic acid groups (broad SMARTS) is 1. The molecule has 3 nitrogen and oxygen atoms in total. The lowest BCUT2D eigenvalue weighted by molar-refractivity contribution is -0.137. The predicted molar refractivity (Wildman–Crippen MR) is 88.5 cm³/mol. The number of hydrogen-bond acceptors (Lipinski definition) is 2.